The summed E-state index contributed by atoms with van der Waals surface area (Å²) in [4.78, 5) is 0. The lowest BCUT2D eigenvalue weighted by atomic mass is 9.92. The van der Waals surface area contributed by atoms with E-state index in [9.17, 15) is 8.78 Å². The van der Waals surface area contributed by atoms with Gasteiger partial charge < -0.3 is 5.32 Å². The molecule has 2 rings (SSSR count). The van der Waals surface area contributed by atoms with Crippen molar-refractivity contribution >= 4 is 0 Å². The van der Waals surface area contributed by atoms with Gasteiger partial charge in [0.2, 0.25) is 0 Å². The van der Waals surface area contributed by atoms with E-state index in [-0.39, 0.29) is 6.04 Å². The summed E-state index contributed by atoms with van der Waals surface area (Å²) >= 11 is 0. The number of aryl methyl sites for hydroxylation is 1. The minimum Gasteiger partial charge on any atom is -0.310 e. The number of hydrogen-bond donors (Lipinski definition) is 1. The largest absolute Gasteiger partial charge is 0.310 e. The Morgan fingerprint density at radius 3 is 2.55 bits per heavy atom. The molecule has 1 unspecified atom stereocenters. The van der Waals surface area contributed by atoms with E-state index in [4.69, 9.17) is 0 Å². The molecular formula is C17H25F2N. The standard InChI is InChI=1S/C17H25F2N/c1-3-8-20-17(10-13-6-4-5-7-13)14-9-12(2)15(18)11-16(14)19/h9,11,13,17,20H,3-8,10H2,1-2H3. The summed E-state index contributed by atoms with van der Waals surface area (Å²) in [5, 5.41) is 3.44. The van der Waals surface area contributed by atoms with Crippen LogP contribution in [0.1, 0.15) is 62.6 Å². The van der Waals surface area contributed by atoms with Crippen LogP contribution in [0, 0.1) is 24.5 Å². The van der Waals surface area contributed by atoms with Gasteiger partial charge in [-0.15, -0.1) is 0 Å². The molecule has 0 amide bonds. The van der Waals surface area contributed by atoms with E-state index in [0.717, 1.165) is 25.5 Å². The smallest absolute Gasteiger partial charge is 0.130 e. The second-order valence-electron chi connectivity index (χ2n) is 6.02. The van der Waals surface area contributed by atoms with Gasteiger partial charge in [-0.05, 0) is 43.9 Å². The third kappa shape index (κ3) is 3.78. The van der Waals surface area contributed by atoms with Gasteiger partial charge in [-0.3, -0.25) is 0 Å². The third-order valence-corrected chi connectivity index (χ3v) is 4.34. The van der Waals surface area contributed by atoms with Gasteiger partial charge in [-0.1, -0.05) is 32.6 Å². The van der Waals surface area contributed by atoms with Gasteiger partial charge in [0.15, 0.2) is 0 Å². The highest BCUT2D eigenvalue weighted by atomic mass is 19.1. The quantitative estimate of drug-likeness (QED) is 0.782. The molecule has 1 nitrogen and oxygen atoms in total. The fraction of sp³-hybridized carbons (Fsp3) is 0.647. The van der Waals surface area contributed by atoms with Crippen molar-refractivity contribution in [1.29, 1.82) is 0 Å². The molecule has 0 aromatic heterocycles. The lowest BCUT2D eigenvalue weighted by Gasteiger charge is -2.23. The Morgan fingerprint density at radius 1 is 1.20 bits per heavy atom. The van der Waals surface area contributed by atoms with Gasteiger partial charge in [-0.25, -0.2) is 8.78 Å². The average molecular weight is 281 g/mol. The van der Waals surface area contributed by atoms with Gasteiger partial charge >= 0.3 is 0 Å². The summed E-state index contributed by atoms with van der Waals surface area (Å²) in [7, 11) is 0. The molecule has 112 valence electrons. The van der Waals surface area contributed by atoms with E-state index < -0.39 is 11.6 Å². The molecule has 1 atom stereocenters. The monoisotopic (exact) mass is 281 g/mol. The lowest BCUT2D eigenvalue weighted by molar-refractivity contribution is 0.384. The van der Waals surface area contributed by atoms with Crippen molar-refractivity contribution in [2.45, 2.75) is 58.4 Å². The van der Waals surface area contributed by atoms with E-state index >= 15 is 0 Å². The fourth-order valence-corrected chi connectivity index (χ4v) is 3.16. The summed E-state index contributed by atoms with van der Waals surface area (Å²) in [6.07, 6.45) is 7.04. The van der Waals surface area contributed by atoms with Crippen molar-refractivity contribution in [3.63, 3.8) is 0 Å². The van der Waals surface area contributed by atoms with E-state index in [2.05, 4.69) is 12.2 Å². The van der Waals surface area contributed by atoms with Crippen LogP contribution in [0.2, 0.25) is 0 Å². The van der Waals surface area contributed by atoms with Gasteiger partial charge in [-0.2, -0.15) is 0 Å². The van der Waals surface area contributed by atoms with Crippen LogP contribution in [-0.4, -0.2) is 6.54 Å². The van der Waals surface area contributed by atoms with Gasteiger partial charge in [0.25, 0.3) is 0 Å². The minimum absolute atomic E-state index is 0.0114. The van der Waals surface area contributed by atoms with Crippen LogP contribution in [0.4, 0.5) is 8.78 Å². The van der Waals surface area contributed by atoms with Crippen LogP contribution in [0.15, 0.2) is 12.1 Å². The summed E-state index contributed by atoms with van der Waals surface area (Å²) in [6, 6.07) is 2.71. The van der Waals surface area contributed by atoms with Crippen molar-refractivity contribution in [2.24, 2.45) is 5.92 Å². The zero-order chi connectivity index (χ0) is 14.5. The van der Waals surface area contributed by atoms with E-state index in [1.807, 2.05) is 0 Å². The number of hydrogen-bond acceptors (Lipinski definition) is 1. The number of rotatable bonds is 6. The van der Waals surface area contributed by atoms with Crippen molar-refractivity contribution in [3.05, 3.63) is 34.9 Å². The van der Waals surface area contributed by atoms with Crippen LogP contribution in [-0.2, 0) is 0 Å². The highest BCUT2D eigenvalue weighted by Gasteiger charge is 2.23. The Hall–Kier alpha value is -0.960. The van der Waals surface area contributed by atoms with Crippen molar-refractivity contribution in [1.82, 2.24) is 5.32 Å². The first-order chi connectivity index (χ1) is 9.61. The van der Waals surface area contributed by atoms with Crippen LogP contribution in [0.25, 0.3) is 0 Å². The predicted molar refractivity (Wildman–Crippen MR) is 78.7 cm³/mol. The minimum atomic E-state index is -0.457. The number of halogens is 2. The second kappa shape index (κ2) is 7.16. The van der Waals surface area contributed by atoms with Crippen LogP contribution < -0.4 is 5.32 Å². The molecule has 1 aromatic carbocycles. The Morgan fingerprint density at radius 2 is 1.90 bits per heavy atom. The van der Waals surface area contributed by atoms with Gasteiger partial charge in [0, 0.05) is 17.7 Å². The Labute approximate surface area is 120 Å². The molecule has 0 bridgehead atoms. The maximum Gasteiger partial charge on any atom is 0.130 e. The van der Waals surface area contributed by atoms with Crippen molar-refractivity contribution in [2.75, 3.05) is 6.54 Å². The molecule has 0 heterocycles. The van der Waals surface area contributed by atoms with Crippen molar-refractivity contribution < 1.29 is 8.78 Å². The fourth-order valence-electron chi connectivity index (χ4n) is 3.16. The topological polar surface area (TPSA) is 12.0 Å². The third-order valence-electron chi connectivity index (χ3n) is 4.34. The number of nitrogens with one attached hydrogen (secondary N) is 1. The molecule has 1 aromatic rings. The molecule has 0 aliphatic heterocycles. The molecule has 0 spiro atoms. The normalized spacial score (nSPS) is 17.6. The van der Waals surface area contributed by atoms with Crippen molar-refractivity contribution in [3.8, 4) is 0 Å². The summed E-state index contributed by atoms with van der Waals surface area (Å²) in [6.45, 7) is 4.67. The maximum atomic E-state index is 14.1. The highest BCUT2D eigenvalue weighted by molar-refractivity contribution is 5.28. The molecule has 1 N–H and O–H groups in total. The van der Waals surface area contributed by atoms with Crippen LogP contribution in [0.5, 0.6) is 0 Å². The SMILES string of the molecule is CCCNC(CC1CCCC1)c1cc(C)c(F)cc1F. The molecular weight excluding hydrogens is 256 g/mol. The average Bonchev–Trinajstić information content (AvgIpc) is 2.92. The van der Waals surface area contributed by atoms with Gasteiger partial charge in [0.05, 0.1) is 0 Å². The summed E-state index contributed by atoms with van der Waals surface area (Å²) < 4.78 is 27.5. The van der Waals surface area contributed by atoms with E-state index in [1.54, 1.807) is 13.0 Å². The molecule has 1 fully saturated rings. The molecule has 3 heteroatoms. The Kier molecular flexibility index (Phi) is 5.53. The van der Waals surface area contributed by atoms with Crippen LogP contribution >= 0.6 is 0 Å². The highest BCUT2D eigenvalue weighted by Crippen LogP contribution is 2.34. The molecule has 1 aliphatic carbocycles. The molecule has 20 heavy (non-hydrogen) atoms. The molecule has 0 saturated heterocycles. The molecule has 1 aliphatic rings. The summed E-state index contributed by atoms with van der Waals surface area (Å²) in [5.41, 5.74) is 1.15. The first-order valence-corrected chi connectivity index (χ1v) is 7.80. The second-order valence-corrected chi connectivity index (χ2v) is 6.02. The Bertz CT molecular complexity index is 439. The summed E-state index contributed by atoms with van der Waals surface area (Å²) in [5.74, 6) is -0.199. The van der Waals surface area contributed by atoms with E-state index in [0.29, 0.717) is 17.0 Å². The molecule has 1 saturated carbocycles. The van der Waals surface area contributed by atoms with E-state index in [1.165, 1.54) is 25.7 Å². The zero-order valence-electron chi connectivity index (χ0n) is 12.5. The first-order valence-electron chi connectivity index (χ1n) is 7.80. The zero-order valence-corrected chi connectivity index (χ0v) is 12.5. The van der Waals surface area contributed by atoms with Crippen LogP contribution in [0.3, 0.4) is 0 Å². The lowest BCUT2D eigenvalue weighted by Crippen LogP contribution is -2.25. The first kappa shape index (κ1) is 15.4. The Balaban J connectivity index is 2.18. The predicted octanol–water partition coefficient (Wildman–Crippen LogP) is 4.89. The number of benzene rings is 1. The molecule has 0 radical (unpaired) electrons. The maximum absolute atomic E-state index is 14.1. The van der Waals surface area contributed by atoms with Gasteiger partial charge in [0.1, 0.15) is 11.6 Å².